The molecular weight excluding hydrogens is 268 g/mol. The molecule has 0 fully saturated rings. The third kappa shape index (κ3) is 2.55. The first-order chi connectivity index (χ1) is 10.1. The Bertz CT molecular complexity index is 810. The second-order valence-corrected chi connectivity index (χ2v) is 4.76. The Morgan fingerprint density at radius 2 is 2.00 bits per heavy atom. The Kier molecular flexibility index (Phi) is 3.27. The van der Waals surface area contributed by atoms with Gasteiger partial charge in [0.2, 0.25) is 5.91 Å². The molecule has 0 saturated heterocycles. The van der Waals surface area contributed by atoms with E-state index in [9.17, 15) is 9.90 Å². The van der Waals surface area contributed by atoms with Gasteiger partial charge >= 0.3 is 0 Å². The fourth-order valence-corrected chi connectivity index (χ4v) is 2.19. The van der Waals surface area contributed by atoms with E-state index < -0.39 is 0 Å². The van der Waals surface area contributed by atoms with Gasteiger partial charge in [0.15, 0.2) is 0 Å². The fourth-order valence-electron chi connectivity index (χ4n) is 2.19. The maximum absolute atomic E-state index is 12.1. The minimum Gasteiger partial charge on any atom is -0.507 e. The highest BCUT2D eigenvalue weighted by molar-refractivity contribution is 6.03. The first kappa shape index (κ1) is 13.1. The number of fused-ring (bicyclic) bond motifs is 1. The number of benzene rings is 2. The molecule has 0 saturated carbocycles. The van der Waals surface area contributed by atoms with Crippen molar-refractivity contribution < 1.29 is 9.90 Å². The summed E-state index contributed by atoms with van der Waals surface area (Å²) in [7, 11) is 0. The summed E-state index contributed by atoms with van der Waals surface area (Å²) in [4.78, 5) is 12.1. The molecule has 0 radical (unpaired) electrons. The van der Waals surface area contributed by atoms with E-state index in [2.05, 4.69) is 15.6 Å². The van der Waals surface area contributed by atoms with Gasteiger partial charge in [-0.2, -0.15) is 0 Å². The van der Waals surface area contributed by atoms with Crippen LogP contribution in [0.2, 0.25) is 0 Å². The molecule has 0 unspecified atom stereocenters. The SMILES string of the molecule is Cc1cnnn1CC(=O)Nc1cccc2c(O)cccc12. The van der Waals surface area contributed by atoms with Gasteiger partial charge in [0, 0.05) is 16.5 Å². The molecule has 0 aliphatic rings. The smallest absolute Gasteiger partial charge is 0.246 e. The fraction of sp³-hybridized carbons (Fsp3) is 0.133. The Morgan fingerprint density at radius 1 is 1.24 bits per heavy atom. The third-order valence-electron chi connectivity index (χ3n) is 3.28. The van der Waals surface area contributed by atoms with Gasteiger partial charge in [-0.15, -0.1) is 5.10 Å². The van der Waals surface area contributed by atoms with Crippen LogP contribution in [0.3, 0.4) is 0 Å². The van der Waals surface area contributed by atoms with Gasteiger partial charge in [-0.05, 0) is 19.1 Å². The number of carbonyl (C=O) groups is 1. The van der Waals surface area contributed by atoms with Gasteiger partial charge in [0.25, 0.3) is 0 Å². The lowest BCUT2D eigenvalue weighted by molar-refractivity contribution is -0.117. The van der Waals surface area contributed by atoms with Crippen molar-refractivity contribution >= 4 is 22.4 Å². The van der Waals surface area contributed by atoms with Crippen molar-refractivity contribution in [3.8, 4) is 5.75 Å². The highest BCUT2D eigenvalue weighted by Gasteiger charge is 2.09. The number of aromatic nitrogens is 3. The van der Waals surface area contributed by atoms with Crippen molar-refractivity contribution in [2.75, 3.05) is 5.32 Å². The van der Waals surface area contributed by atoms with E-state index in [0.717, 1.165) is 11.1 Å². The summed E-state index contributed by atoms with van der Waals surface area (Å²) < 4.78 is 1.53. The maximum atomic E-state index is 12.1. The molecule has 3 aromatic rings. The molecule has 0 spiro atoms. The number of aryl methyl sites for hydroxylation is 1. The number of amides is 1. The van der Waals surface area contributed by atoms with Gasteiger partial charge in [0.05, 0.1) is 11.9 Å². The van der Waals surface area contributed by atoms with Crippen LogP contribution in [0.15, 0.2) is 42.6 Å². The Morgan fingerprint density at radius 3 is 2.76 bits per heavy atom. The van der Waals surface area contributed by atoms with Crippen molar-refractivity contribution in [2.24, 2.45) is 0 Å². The van der Waals surface area contributed by atoms with Crippen LogP contribution in [0, 0.1) is 6.92 Å². The van der Waals surface area contributed by atoms with E-state index in [1.165, 1.54) is 4.68 Å². The standard InChI is InChI=1S/C15H14N4O2/c1-10-8-16-18-19(10)9-15(21)17-13-6-2-5-12-11(13)4-3-7-14(12)20/h2-8,20H,9H2,1H3,(H,17,21). The summed E-state index contributed by atoms with van der Waals surface area (Å²) in [6.07, 6.45) is 1.60. The van der Waals surface area contributed by atoms with Crippen LogP contribution < -0.4 is 5.32 Å². The highest BCUT2D eigenvalue weighted by Crippen LogP contribution is 2.29. The Labute approximate surface area is 121 Å². The zero-order valence-electron chi connectivity index (χ0n) is 11.4. The first-order valence-corrected chi connectivity index (χ1v) is 6.51. The Hall–Kier alpha value is -2.89. The normalized spacial score (nSPS) is 10.7. The number of carbonyl (C=O) groups excluding carboxylic acids is 1. The zero-order chi connectivity index (χ0) is 14.8. The van der Waals surface area contributed by atoms with Crippen LogP contribution in [0.5, 0.6) is 5.75 Å². The van der Waals surface area contributed by atoms with Crippen LogP contribution in [-0.2, 0) is 11.3 Å². The average Bonchev–Trinajstić information content (AvgIpc) is 2.85. The summed E-state index contributed by atoms with van der Waals surface area (Å²) in [5, 5.41) is 21.8. The van der Waals surface area contributed by atoms with E-state index in [-0.39, 0.29) is 18.2 Å². The van der Waals surface area contributed by atoms with E-state index in [1.807, 2.05) is 19.1 Å². The second-order valence-electron chi connectivity index (χ2n) is 4.76. The molecule has 6 heteroatoms. The van der Waals surface area contributed by atoms with Crippen molar-refractivity contribution in [3.63, 3.8) is 0 Å². The number of hydrogen-bond acceptors (Lipinski definition) is 4. The quantitative estimate of drug-likeness (QED) is 0.770. The van der Waals surface area contributed by atoms with Crippen molar-refractivity contribution in [3.05, 3.63) is 48.3 Å². The molecule has 0 aliphatic carbocycles. The lowest BCUT2D eigenvalue weighted by Crippen LogP contribution is -2.20. The third-order valence-corrected chi connectivity index (χ3v) is 3.28. The van der Waals surface area contributed by atoms with Crippen molar-refractivity contribution in [2.45, 2.75) is 13.5 Å². The van der Waals surface area contributed by atoms with Gasteiger partial charge in [0.1, 0.15) is 12.3 Å². The minimum absolute atomic E-state index is 0.0983. The van der Waals surface area contributed by atoms with E-state index in [1.54, 1.807) is 30.5 Å². The molecule has 1 heterocycles. The van der Waals surface area contributed by atoms with Crippen LogP contribution in [0.1, 0.15) is 5.69 Å². The van der Waals surface area contributed by atoms with E-state index >= 15 is 0 Å². The molecule has 21 heavy (non-hydrogen) atoms. The zero-order valence-corrected chi connectivity index (χ0v) is 11.4. The molecule has 0 aliphatic heterocycles. The van der Waals surface area contributed by atoms with Gasteiger partial charge in [-0.25, -0.2) is 4.68 Å². The molecule has 2 N–H and O–H groups in total. The van der Waals surface area contributed by atoms with Crippen molar-refractivity contribution in [1.29, 1.82) is 0 Å². The average molecular weight is 282 g/mol. The van der Waals surface area contributed by atoms with Gasteiger partial charge in [-0.1, -0.05) is 29.5 Å². The molecule has 0 bridgehead atoms. The number of phenolic OH excluding ortho intramolecular Hbond substituents is 1. The van der Waals surface area contributed by atoms with E-state index in [0.29, 0.717) is 11.1 Å². The summed E-state index contributed by atoms with van der Waals surface area (Å²) >= 11 is 0. The molecule has 1 aromatic heterocycles. The number of phenols is 1. The van der Waals surface area contributed by atoms with Crippen LogP contribution in [-0.4, -0.2) is 26.0 Å². The lowest BCUT2D eigenvalue weighted by atomic mass is 10.1. The van der Waals surface area contributed by atoms with Crippen molar-refractivity contribution in [1.82, 2.24) is 15.0 Å². The number of aromatic hydroxyl groups is 1. The Balaban J connectivity index is 1.87. The number of nitrogens with one attached hydrogen (secondary N) is 1. The maximum Gasteiger partial charge on any atom is 0.246 e. The molecule has 1 amide bonds. The summed E-state index contributed by atoms with van der Waals surface area (Å²) in [6, 6.07) is 10.6. The summed E-state index contributed by atoms with van der Waals surface area (Å²) in [6.45, 7) is 1.93. The van der Waals surface area contributed by atoms with E-state index in [4.69, 9.17) is 0 Å². The highest BCUT2D eigenvalue weighted by atomic mass is 16.3. The number of nitrogens with zero attached hydrogens (tertiary/aromatic N) is 3. The number of anilines is 1. The molecule has 2 aromatic carbocycles. The predicted octanol–water partition coefficient (Wildman–Crippen LogP) is 2.08. The molecule has 6 nitrogen and oxygen atoms in total. The lowest BCUT2D eigenvalue weighted by Gasteiger charge is -2.10. The van der Waals surface area contributed by atoms with Crippen LogP contribution in [0.25, 0.3) is 10.8 Å². The topological polar surface area (TPSA) is 80.0 Å². The van der Waals surface area contributed by atoms with Gasteiger partial charge in [-0.3, -0.25) is 4.79 Å². The monoisotopic (exact) mass is 282 g/mol. The molecular formula is C15H14N4O2. The number of hydrogen-bond donors (Lipinski definition) is 2. The largest absolute Gasteiger partial charge is 0.507 e. The predicted molar refractivity (Wildman–Crippen MR) is 79.0 cm³/mol. The molecule has 0 atom stereocenters. The molecule has 106 valence electrons. The first-order valence-electron chi connectivity index (χ1n) is 6.51. The van der Waals surface area contributed by atoms with Crippen LogP contribution >= 0.6 is 0 Å². The second kappa shape index (κ2) is 5.24. The minimum atomic E-state index is -0.195. The van der Waals surface area contributed by atoms with Gasteiger partial charge < -0.3 is 10.4 Å². The summed E-state index contributed by atoms with van der Waals surface area (Å²) in [5.74, 6) is -0.00448. The number of rotatable bonds is 3. The van der Waals surface area contributed by atoms with Crippen LogP contribution in [0.4, 0.5) is 5.69 Å². The summed E-state index contributed by atoms with van der Waals surface area (Å²) in [5.41, 5.74) is 1.48. The molecule has 3 rings (SSSR count).